The van der Waals surface area contributed by atoms with Crippen LogP contribution in [0.15, 0.2) is 24.3 Å². The van der Waals surface area contributed by atoms with E-state index in [0.29, 0.717) is 12.2 Å². The average molecular weight is 337 g/mol. The van der Waals surface area contributed by atoms with Crippen LogP contribution in [0.2, 0.25) is 0 Å². The first-order valence-corrected chi connectivity index (χ1v) is 9.09. The lowest BCUT2D eigenvalue weighted by Crippen LogP contribution is -2.15. The summed E-state index contributed by atoms with van der Waals surface area (Å²) < 4.78 is 5.52. The average Bonchev–Trinajstić information content (AvgIpc) is 3.03. The summed E-state index contributed by atoms with van der Waals surface area (Å²) in [6.45, 7) is 0.813. The summed E-state index contributed by atoms with van der Waals surface area (Å²) in [5.74, 6) is 0.571. The summed E-state index contributed by atoms with van der Waals surface area (Å²) in [6.07, 6.45) is 3.80. The lowest BCUT2D eigenvalue weighted by molar-refractivity contribution is -0.136. The lowest BCUT2D eigenvalue weighted by atomic mass is 10.1. The van der Waals surface area contributed by atoms with Gasteiger partial charge in [-0.05, 0) is 37.0 Å². The Morgan fingerprint density at radius 3 is 2.96 bits per heavy atom. The van der Waals surface area contributed by atoms with Crippen molar-refractivity contribution in [2.24, 2.45) is 0 Å². The molecule has 0 aliphatic carbocycles. The van der Waals surface area contributed by atoms with Crippen LogP contribution >= 0.6 is 11.8 Å². The highest BCUT2D eigenvalue weighted by atomic mass is 32.2. The number of carbonyl (C=O) groups is 2. The molecule has 5 nitrogen and oxygen atoms in total. The maximum atomic E-state index is 12.0. The minimum atomic E-state index is -0.773. The number of thioether (sulfide) groups is 1. The SMILES string of the molecule is O=C(O)CCSCc1cccc(NC(=O)CCC2CCCO2)c1. The number of carbonyl (C=O) groups excluding carboxylic acids is 1. The number of benzene rings is 1. The molecule has 1 aromatic rings. The number of carboxylic acid groups (broad SMARTS) is 1. The van der Waals surface area contributed by atoms with Crippen molar-refractivity contribution in [2.75, 3.05) is 17.7 Å². The number of carboxylic acids is 1. The molecule has 1 aliphatic heterocycles. The van der Waals surface area contributed by atoms with Crippen molar-refractivity contribution in [2.45, 2.75) is 44.0 Å². The second kappa shape index (κ2) is 9.57. The van der Waals surface area contributed by atoms with Crippen LogP contribution in [0.3, 0.4) is 0 Å². The predicted molar refractivity (Wildman–Crippen MR) is 91.7 cm³/mol. The van der Waals surface area contributed by atoms with Crippen molar-refractivity contribution in [3.63, 3.8) is 0 Å². The fourth-order valence-electron chi connectivity index (χ4n) is 2.48. The molecule has 1 atom stereocenters. The Hall–Kier alpha value is -1.53. The largest absolute Gasteiger partial charge is 0.481 e. The number of aliphatic carboxylic acids is 1. The highest BCUT2D eigenvalue weighted by molar-refractivity contribution is 7.98. The molecule has 0 aromatic heterocycles. The van der Waals surface area contributed by atoms with Crippen molar-refractivity contribution in [3.8, 4) is 0 Å². The smallest absolute Gasteiger partial charge is 0.304 e. The van der Waals surface area contributed by atoms with Gasteiger partial charge in [0, 0.05) is 30.2 Å². The van der Waals surface area contributed by atoms with E-state index in [1.807, 2.05) is 24.3 Å². The quantitative estimate of drug-likeness (QED) is 0.676. The van der Waals surface area contributed by atoms with E-state index in [4.69, 9.17) is 9.84 Å². The number of anilines is 1. The van der Waals surface area contributed by atoms with Crippen molar-refractivity contribution in [1.29, 1.82) is 0 Å². The molecule has 1 saturated heterocycles. The minimum absolute atomic E-state index is 0.0104. The highest BCUT2D eigenvalue weighted by Crippen LogP contribution is 2.19. The normalized spacial score (nSPS) is 17.1. The van der Waals surface area contributed by atoms with Crippen molar-refractivity contribution in [3.05, 3.63) is 29.8 Å². The van der Waals surface area contributed by atoms with Crippen LogP contribution in [0.1, 0.15) is 37.7 Å². The van der Waals surface area contributed by atoms with Gasteiger partial charge in [-0.3, -0.25) is 9.59 Å². The number of hydrogen-bond donors (Lipinski definition) is 2. The second-order valence-electron chi connectivity index (χ2n) is 5.62. The summed E-state index contributed by atoms with van der Waals surface area (Å²) in [7, 11) is 0. The highest BCUT2D eigenvalue weighted by Gasteiger charge is 2.16. The Balaban J connectivity index is 1.72. The zero-order valence-electron chi connectivity index (χ0n) is 13.1. The van der Waals surface area contributed by atoms with Crippen molar-refractivity contribution in [1.82, 2.24) is 0 Å². The van der Waals surface area contributed by atoms with E-state index in [9.17, 15) is 9.59 Å². The summed E-state index contributed by atoms with van der Waals surface area (Å²) >= 11 is 1.58. The molecule has 23 heavy (non-hydrogen) atoms. The Morgan fingerprint density at radius 2 is 2.22 bits per heavy atom. The topological polar surface area (TPSA) is 75.6 Å². The Labute approximate surface area is 140 Å². The first-order valence-electron chi connectivity index (χ1n) is 7.93. The van der Waals surface area contributed by atoms with Crippen LogP contribution in [0, 0.1) is 0 Å². The first kappa shape index (κ1) is 17.8. The molecule has 0 radical (unpaired) electrons. The third-order valence-electron chi connectivity index (χ3n) is 3.66. The molecular weight excluding hydrogens is 314 g/mol. The van der Waals surface area contributed by atoms with Gasteiger partial charge in [-0.25, -0.2) is 0 Å². The lowest BCUT2D eigenvalue weighted by Gasteiger charge is -2.10. The molecule has 1 fully saturated rings. The molecule has 2 rings (SSSR count). The van der Waals surface area contributed by atoms with Gasteiger partial charge < -0.3 is 15.2 Å². The molecule has 6 heteroatoms. The van der Waals surface area contributed by atoms with Gasteiger partial charge in [0.15, 0.2) is 0 Å². The third kappa shape index (κ3) is 7.05. The summed E-state index contributed by atoms with van der Waals surface area (Å²) in [4.78, 5) is 22.5. The molecule has 0 bridgehead atoms. The van der Waals surface area contributed by atoms with Gasteiger partial charge in [0.05, 0.1) is 12.5 Å². The van der Waals surface area contributed by atoms with E-state index < -0.39 is 5.97 Å². The van der Waals surface area contributed by atoms with E-state index >= 15 is 0 Å². The molecule has 1 unspecified atom stereocenters. The number of amides is 1. The maximum Gasteiger partial charge on any atom is 0.304 e. The van der Waals surface area contributed by atoms with Gasteiger partial charge in [-0.2, -0.15) is 11.8 Å². The Morgan fingerprint density at radius 1 is 1.35 bits per heavy atom. The summed E-state index contributed by atoms with van der Waals surface area (Å²) in [5, 5.41) is 11.5. The second-order valence-corrected chi connectivity index (χ2v) is 6.72. The number of rotatable bonds is 9. The van der Waals surface area contributed by atoms with Crippen LogP contribution in [0.4, 0.5) is 5.69 Å². The molecule has 1 amide bonds. The van der Waals surface area contributed by atoms with E-state index in [0.717, 1.165) is 42.9 Å². The van der Waals surface area contributed by atoms with Crippen molar-refractivity contribution < 1.29 is 19.4 Å². The Kier molecular flexibility index (Phi) is 7.42. The van der Waals surface area contributed by atoms with E-state index in [1.54, 1.807) is 11.8 Å². The third-order valence-corrected chi connectivity index (χ3v) is 4.69. The van der Waals surface area contributed by atoms with Gasteiger partial charge in [-0.1, -0.05) is 12.1 Å². The molecule has 0 saturated carbocycles. The zero-order chi connectivity index (χ0) is 16.5. The minimum Gasteiger partial charge on any atom is -0.481 e. The van der Waals surface area contributed by atoms with Crippen LogP contribution < -0.4 is 5.32 Å². The van der Waals surface area contributed by atoms with Gasteiger partial charge in [0.25, 0.3) is 0 Å². The molecule has 126 valence electrons. The fraction of sp³-hybridized carbons (Fsp3) is 0.529. The monoisotopic (exact) mass is 337 g/mol. The van der Waals surface area contributed by atoms with Crippen LogP contribution in [0.5, 0.6) is 0 Å². The van der Waals surface area contributed by atoms with E-state index in [1.165, 1.54) is 0 Å². The molecule has 1 heterocycles. The fourth-order valence-corrected chi connectivity index (χ4v) is 3.35. The number of ether oxygens (including phenoxy) is 1. The Bertz CT molecular complexity index is 529. The predicted octanol–water partition coefficient (Wildman–Crippen LogP) is 3.29. The van der Waals surface area contributed by atoms with Crippen LogP contribution in [-0.2, 0) is 20.1 Å². The van der Waals surface area contributed by atoms with Gasteiger partial charge >= 0.3 is 5.97 Å². The number of nitrogens with one attached hydrogen (secondary N) is 1. The van der Waals surface area contributed by atoms with Crippen LogP contribution in [-0.4, -0.2) is 35.4 Å². The maximum absolute atomic E-state index is 12.0. The standard InChI is InChI=1S/C17H23NO4S/c19-16(7-6-15-5-2-9-22-15)18-14-4-1-3-13(11-14)12-23-10-8-17(20)21/h1,3-4,11,15H,2,5-10,12H2,(H,18,19)(H,20,21). The van der Waals surface area contributed by atoms with Crippen molar-refractivity contribution >= 4 is 29.3 Å². The zero-order valence-corrected chi connectivity index (χ0v) is 13.9. The van der Waals surface area contributed by atoms with E-state index in [2.05, 4.69) is 5.32 Å². The molecule has 0 spiro atoms. The molecule has 1 aliphatic rings. The number of hydrogen-bond acceptors (Lipinski definition) is 4. The molecule has 2 N–H and O–H groups in total. The summed E-state index contributed by atoms with van der Waals surface area (Å²) in [5.41, 5.74) is 1.87. The molecule has 1 aromatic carbocycles. The van der Waals surface area contributed by atoms with Gasteiger partial charge in [0.2, 0.25) is 5.91 Å². The van der Waals surface area contributed by atoms with Gasteiger partial charge in [-0.15, -0.1) is 0 Å². The summed E-state index contributed by atoms with van der Waals surface area (Å²) in [6, 6.07) is 7.70. The van der Waals surface area contributed by atoms with E-state index in [-0.39, 0.29) is 18.4 Å². The van der Waals surface area contributed by atoms with Crippen LogP contribution in [0.25, 0.3) is 0 Å². The molecular formula is C17H23NO4S. The van der Waals surface area contributed by atoms with Gasteiger partial charge in [0.1, 0.15) is 0 Å². The first-order chi connectivity index (χ1) is 11.1.